The van der Waals surface area contributed by atoms with Gasteiger partial charge in [0.1, 0.15) is 5.82 Å². The second kappa shape index (κ2) is 8.55. The maximum absolute atomic E-state index is 14.2. The number of carbonyl (C=O) groups excluding carboxylic acids is 1. The number of hydrogen-bond acceptors (Lipinski definition) is 6. The molecule has 2 N–H and O–H groups in total. The standard InChI is InChI=1S/C23H18F2N4O3S/c1-33(31,32)21-7-6-17(24)11-20(21)29(23(30)16-3-2-8-27-12-16)13-14-4-5-15-10-18(25)22(26)28-19(15)9-14/h2-12H,13H2,1H3,(H2,26,28). The summed E-state index contributed by atoms with van der Waals surface area (Å²) in [7, 11) is -3.80. The molecular formula is C23H18F2N4O3S. The molecule has 0 aliphatic heterocycles. The quantitative estimate of drug-likeness (QED) is 0.447. The van der Waals surface area contributed by atoms with E-state index in [2.05, 4.69) is 9.97 Å². The molecule has 0 saturated heterocycles. The predicted octanol–water partition coefficient (Wildman–Crippen LogP) is 3.74. The van der Waals surface area contributed by atoms with Gasteiger partial charge < -0.3 is 10.6 Å². The van der Waals surface area contributed by atoms with Crippen LogP contribution in [0.3, 0.4) is 0 Å². The lowest BCUT2D eigenvalue weighted by Crippen LogP contribution is -2.32. The van der Waals surface area contributed by atoms with Gasteiger partial charge in [0.25, 0.3) is 5.91 Å². The molecule has 2 aromatic heterocycles. The minimum Gasteiger partial charge on any atom is -0.381 e. The first kappa shape index (κ1) is 22.3. The van der Waals surface area contributed by atoms with Gasteiger partial charge in [-0.3, -0.25) is 9.78 Å². The topological polar surface area (TPSA) is 106 Å². The van der Waals surface area contributed by atoms with Crippen LogP contribution in [0.15, 0.2) is 71.9 Å². The van der Waals surface area contributed by atoms with Gasteiger partial charge in [0.2, 0.25) is 0 Å². The molecule has 33 heavy (non-hydrogen) atoms. The number of aromatic nitrogens is 2. The number of rotatable bonds is 5. The highest BCUT2D eigenvalue weighted by molar-refractivity contribution is 7.90. The van der Waals surface area contributed by atoms with E-state index in [1.807, 2.05) is 0 Å². The summed E-state index contributed by atoms with van der Waals surface area (Å²) in [5, 5.41) is 0.498. The molecule has 0 aliphatic rings. The van der Waals surface area contributed by atoms with Crippen molar-refractivity contribution in [3.8, 4) is 0 Å². The van der Waals surface area contributed by atoms with Crippen LogP contribution in [0, 0.1) is 11.6 Å². The SMILES string of the molecule is CS(=O)(=O)c1ccc(F)cc1N(Cc1ccc2cc(F)c(N)nc2c1)C(=O)c1cccnc1. The van der Waals surface area contributed by atoms with Gasteiger partial charge in [0.15, 0.2) is 21.5 Å². The van der Waals surface area contributed by atoms with E-state index in [0.717, 1.165) is 29.4 Å². The summed E-state index contributed by atoms with van der Waals surface area (Å²) in [5.74, 6) is -2.20. The first-order valence-corrected chi connectivity index (χ1v) is 11.6. The molecule has 4 aromatic rings. The van der Waals surface area contributed by atoms with E-state index in [9.17, 15) is 22.0 Å². The highest BCUT2D eigenvalue weighted by Crippen LogP contribution is 2.30. The third-order valence-electron chi connectivity index (χ3n) is 4.97. The van der Waals surface area contributed by atoms with Crippen LogP contribution in [0.25, 0.3) is 10.9 Å². The summed E-state index contributed by atoms with van der Waals surface area (Å²) in [5.41, 5.74) is 6.58. The van der Waals surface area contributed by atoms with Crippen LogP contribution < -0.4 is 10.6 Å². The minimum absolute atomic E-state index is 0.113. The number of halogens is 2. The summed E-state index contributed by atoms with van der Waals surface area (Å²) < 4.78 is 52.7. The zero-order valence-electron chi connectivity index (χ0n) is 17.4. The van der Waals surface area contributed by atoms with Crippen molar-refractivity contribution in [3.05, 3.63) is 89.8 Å². The number of sulfone groups is 1. The second-order valence-electron chi connectivity index (χ2n) is 7.40. The largest absolute Gasteiger partial charge is 0.381 e. The number of fused-ring (bicyclic) bond motifs is 1. The number of nitrogens with two attached hydrogens (primary N) is 1. The van der Waals surface area contributed by atoms with Gasteiger partial charge in [-0.2, -0.15) is 0 Å². The smallest absolute Gasteiger partial charge is 0.260 e. The van der Waals surface area contributed by atoms with Gasteiger partial charge >= 0.3 is 0 Å². The number of anilines is 2. The van der Waals surface area contributed by atoms with Crippen LogP contribution in [0.2, 0.25) is 0 Å². The molecule has 0 spiro atoms. The Morgan fingerprint density at radius 1 is 1.09 bits per heavy atom. The van der Waals surface area contributed by atoms with Gasteiger partial charge in [-0.05, 0) is 48.0 Å². The average Bonchev–Trinajstić information content (AvgIpc) is 2.77. The van der Waals surface area contributed by atoms with Gasteiger partial charge in [-0.25, -0.2) is 22.2 Å². The number of nitrogen functional groups attached to an aromatic ring is 1. The molecule has 0 unspecified atom stereocenters. The van der Waals surface area contributed by atoms with E-state index in [0.29, 0.717) is 16.5 Å². The van der Waals surface area contributed by atoms with Gasteiger partial charge in [-0.1, -0.05) is 12.1 Å². The average molecular weight is 468 g/mol. The molecule has 10 heteroatoms. The Labute approximate surface area is 188 Å². The Kier molecular flexibility index (Phi) is 5.77. The molecule has 0 bridgehead atoms. The lowest BCUT2D eigenvalue weighted by Gasteiger charge is -2.25. The molecule has 0 saturated carbocycles. The van der Waals surface area contributed by atoms with Crippen molar-refractivity contribution in [2.24, 2.45) is 0 Å². The van der Waals surface area contributed by atoms with Crippen LogP contribution in [0.1, 0.15) is 15.9 Å². The minimum atomic E-state index is -3.80. The van der Waals surface area contributed by atoms with Gasteiger partial charge in [-0.15, -0.1) is 0 Å². The van der Waals surface area contributed by atoms with Gasteiger partial charge in [0.05, 0.1) is 28.2 Å². The van der Waals surface area contributed by atoms with Crippen molar-refractivity contribution in [1.29, 1.82) is 0 Å². The molecule has 168 valence electrons. The summed E-state index contributed by atoms with van der Waals surface area (Å²) in [4.78, 5) is 22.3. The number of pyridine rings is 2. The molecule has 0 aliphatic carbocycles. The fourth-order valence-electron chi connectivity index (χ4n) is 3.41. The highest BCUT2D eigenvalue weighted by atomic mass is 32.2. The maximum atomic E-state index is 14.2. The Morgan fingerprint density at radius 2 is 1.88 bits per heavy atom. The Morgan fingerprint density at radius 3 is 2.58 bits per heavy atom. The van der Waals surface area contributed by atoms with E-state index in [-0.39, 0.29) is 28.5 Å². The fraction of sp³-hybridized carbons (Fsp3) is 0.0870. The van der Waals surface area contributed by atoms with E-state index in [1.165, 1.54) is 24.5 Å². The first-order chi connectivity index (χ1) is 15.6. The number of carbonyl (C=O) groups is 1. The summed E-state index contributed by atoms with van der Waals surface area (Å²) in [6.07, 6.45) is 3.80. The van der Waals surface area contributed by atoms with Crippen molar-refractivity contribution in [2.45, 2.75) is 11.4 Å². The lowest BCUT2D eigenvalue weighted by molar-refractivity contribution is 0.0984. The molecular weight excluding hydrogens is 450 g/mol. The third-order valence-corrected chi connectivity index (χ3v) is 6.11. The Bertz CT molecular complexity index is 1480. The van der Waals surface area contributed by atoms with Crippen LogP contribution in [-0.4, -0.2) is 30.5 Å². The molecule has 0 fully saturated rings. The molecule has 2 aromatic carbocycles. The van der Waals surface area contributed by atoms with Gasteiger partial charge in [0, 0.05) is 24.0 Å². The fourth-order valence-corrected chi connectivity index (χ4v) is 4.27. The number of hydrogen-bond donors (Lipinski definition) is 1. The Hall–Kier alpha value is -3.92. The molecule has 2 heterocycles. The molecule has 0 radical (unpaired) electrons. The van der Waals surface area contributed by atoms with E-state index in [1.54, 1.807) is 24.3 Å². The van der Waals surface area contributed by atoms with Crippen molar-refractivity contribution in [1.82, 2.24) is 9.97 Å². The van der Waals surface area contributed by atoms with E-state index < -0.39 is 27.4 Å². The van der Waals surface area contributed by atoms with Crippen molar-refractivity contribution in [3.63, 3.8) is 0 Å². The van der Waals surface area contributed by atoms with Crippen molar-refractivity contribution < 1.29 is 22.0 Å². The molecule has 7 nitrogen and oxygen atoms in total. The zero-order chi connectivity index (χ0) is 23.8. The van der Waals surface area contributed by atoms with Crippen LogP contribution >= 0.6 is 0 Å². The molecule has 1 amide bonds. The molecule has 4 rings (SSSR count). The van der Waals surface area contributed by atoms with Crippen LogP contribution in [0.4, 0.5) is 20.3 Å². The number of amides is 1. The Balaban J connectivity index is 1.86. The van der Waals surface area contributed by atoms with E-state index >= 15 is 0 Å². The third kappa shape index (κ3) is 4.65. The van der Waals surface area contributed by atoms with Crippen molar-refractivity contribution in [2.75, 3.05) is 16.9 Å². The van der Waals surface area contributed by atoms with E-state index in [4.69, 9.17) is 5.73 Å². The number of benzene rings is 2. The monoisotopic (exact) mass is 468 g/mol. The predicted molar refractivity (Wildman–Crippen MR) is 120 cm³/mol. The summed E-state index contributed by atoms with van der Waals surface area (Å²) in [6, 6.07) is 12.3. The maximum Gasteiger partial charge on any atom is 0.260 e. The van der Waals surface area contributed by atoms with Crippen molar-refractivity contribution >= 4 is 38.2 Å². The first-order valence-electron chi connectivity index (χ1n) is 9.69. The zero-order valence-corrected chi connectivity index (χ0v) is 18.2. The normalized spacial score (nSPS) is 11.5. The summed E-state index contributed by atoms with van der Waals surface area (Å²) in [6.45, 7) is -0.116. The second-order valence-corrected chi connectivity index (χ2v) is 9.38. The number of nitrogens with zero attached hydrogens (tertiary/aromatic N) is 3. The highest BCUT2D eigenvalue weighted by Gasteiger charge is 2.25. The van der Waals surface area contributed by atoms with Crippen LogP contribution in [0.5, 0.6) is 0 Å². The molecule has 0 atom stereocenters. The lowest BCUT2D eigenvalue weighted by atomic mass is 10.1. The summed E-state index contributed by atoms with van der Waals surface area (Å²) >= 11 is 0. The van der Waals surface area contributed by atoms with Crippen LogP contribution in [-0.2, 0) is 16.4 Å².